The first-order valence-electron chi connectivity index (χ1n) is 6.82. The van der Waals surface area contributed by atoms with Crippen molar-refractivity contribution in [1.82, 2.24) is 15.1 Å². The Morgan fingerprint density at radius 3 is 2.52 bits per heavy atom. The summed E-state index contributed by atoms with van der Waals surface area (Å²) in [5.41, 5.74) is 0.321. The summed E-state index contributed by atoms with van der Waals surface area (Å²) >= 11 is 0. The number of benzene rings is 1. The molecule has 0 radical (unpaired) electrons. The average molecular weight is 297 g/mol. The summed E-state index contributed by atoms with van der Waals surface area (Å²) in [4.78, 5) is 0. The maximum Gasteiger partial charge on any atom is 0.416 e. The van der Waals surface area contributed by atoms with Gasteiger partial charge in [-0.2, -0.15) is 18.3 Å². The standard InChI is InChI=1S/C15H18F3N3/c1-3-9-19-14(13-8-10-20-21(13)2)11-6-4-5-7-12(11)15(16,17)18/h4-8,10,14,19H,3,9H2,1-2H3. The molecule has 0 aliphatic rings. The van der Waals surface area contributed by atoms with Gasteiger partial charge in [0.2, 0.25) is 0 Å². The fourth-order valence-electron chi connectivity index (χ4n) is 2.34. The molecule has 1 heterocycles. The number of hydrogen-bond acceptors (Lipinski definition) is 2. The van der Waals surface area contributed by atoms with E-state index in [-0.39, 0.29) is 5.56 Å². The predicted molar refractivity (Wildman–Crippen MR) is 74.8 cm³/mol. The molecule has 1 unspecified atom stereocenters. The summed E-state index contributed by atoms with van der Waals surface area (Å²) in [6, 6.07) is 6.87. The molecule has 0 aliphatic carbocycles. The van der Waals surface area contributed by atoms with Gasteiger partial charge in [-0.15, -0.1) is 0 Å². The molecule has 114 valence electrons. The number of nitrogens with one attached hydrogen (secondary N) is 1. The van der Waals surface area contributed by atoms with Gasteiger partial charge in [0.15, 0.2) is 0 Å². The molecular formula is C15H18F3N3. The van der Waals surface area contributed by atoms with Gasteiger partial charge in [-0.25, -0.2) is 0 Å². The van der Waals surface area contributed by atoms with Gasteiger partial charge in [0.1, 0.15) is 0 Å². The first kappa shape index (κ1) is 15.6. The Morgan fingerprint density at radius 1 is 1.24 bits per heavy atom. The second-order valence-electron chi connectivity index (χ2n) is 4.85. The fourth-order valence-corrected chi connectivity index (χ4v) is 2.34. The Kier molecular flexibility index (Phi) is 4.67. The van der Waals surface area contributed by atoms with Crippen LogP contribution in [0, 0.1) is 0 Å². The minimum absolute atomic E-state index is 0.224. The van der Waals surface area contributed by atoms with Crippen molar-refractivity contribution in [3.8, 4) is 0 Å². The lowest BCUT2D eigenvalue weighted by Crippen LogP contribution is -2.27. The lowest BCUT2D eigenvalue weighted by molar-refractivity contribution is -0.138. The van der Waals surface area contributed by atoms with E-state index in [1.807, 2.05) is 6.92 Å². The third-order valence-corrected chi connectivity index (χ3v) is 3.33. The largest absolute Gasteiger partial charge is 0.416 e. The van der Waals surface area contributed by atoms with Gasteiger partial charge >= 0.3 is 6.18 Å². The van der Waals surface area contributed by atoms with Crippen molar-refractivity contribution >= 4 is 0 Å². The second-order valence-corrected chi connectivity index (χ2v) is 4.85. The van der Waals surface area contributed by atoms with E-state index in [0.717, 1.165) is 12.5 Å². The summed E-state index contributed by atoms with van der Waals surface area (Å²) in [5, 5.41) is 7.24. The number of aromatic nitrogens is 2. The van der Waals surface area contributed by atoms with Crippen LogP contribution in [0.3, 0.4) is 0 Å². The van der Waals surface area contributed by atoms with Crippen LogP contribution in [0.25, 0.3) is 0 Å². The molecule has 0 amide bonds. The summed E-state index contributed by atoms with van der Waals surface area (Å²) < 4.78 is 41.3. The zero-order valence-corrected chi connectivity index (χ0v) is 12.0. The number of nitrogens with zero attached hydrogens (tertiary/aromatic N) is 2. The number of alkyl halides is 3. The van der Waals surface area contributed by atoms with Gasteiger partial charge < -0.3 is 5.32 Å². The van der Waals surface area contributed by atoms with Gasteiger partial charge in [0.25, 0.3) is 0 Å². The van der Waals surface area contributed by atoms with Gasteiger partial charge in [0.05, 0.1) is 17.3 Å². The molecule has 0 aliphatic heterocycles. The molecule has 1 aromatic heterocycles. The normalized spacial score (nSPS) is 13.4. The summed E-state index contributed by atoms with van der Waals surface area (Å²) in [6.07, 6.45) is -1.95. The highest BCUT2D eigenvalue weighted by atomic mass is 19.4. The van der Waals surface area contributed by atoms with E-state index in [2.05, 4.69) is 10.4 Å². The molecule has 1 aromatic carbocycles. The molecule has 0 saturated heterocycles. The number of aryl methyl sites for hydroxylation is 1. The molecular weight excluding hydrogens is 279 g/mol. The van der Waals surface area contributed by atoms with Crippen molar-refractivity contribution < 1.29 is 13.2 Å². The molecule has 0 fully saturated rings. The Hall–Kier alpha value is -1.82. The number of halogens is 3. The maximum atomic E-state index is 13.2. The quantitative estimate of drug-likeness (QED) is 0.915. The summed E-state index contributed by atoms with van der Waals surface area (Å²) in [5.74, 6) is 0. The smallest absolute Gasteiger partial charge is 0.305 e. The van der Waals surface area contributed by atoms with Crippen LogP contribution in [-0.4, -0.2) is 16.3 Å². The van der Waals surface area contributed by atoms with Crippen LogP contribution in [0.1, 0.15) is 36.2 Å². The van der Waals surface area contributed by atoms with Gasteiger partial charge in [-0.1, -0.05) is 25.1 Å². The molecule has 0 saturated carbocycles. The Balaban J connectivity index is 2.50. The zero-order chi connectivity index (χ0) is 15.5. The van der Waals surface area contributed by atoms with E-state index in [0.29, 0.717) is 12.2 Å². The Morgan fingerprint density at radius 2 is 1.95 bits per heavy atom. The predicted octanol–water partition coefficient (Wildman–Crippen LogP) is 3.53. The SMILES string of the molecule is CCCNC(c1ccccc1C(F)(F)F)c1ccnn1C. The minimum atomic E-state index is -4.37. The second kappa shape index (κ2) is 6.30. The van der Waals surface area contributed by atoms with E-state index in [1.54, 1.807) is 30.1 Å². The van der Waals surface area contributed by atoms with Crippen molar-refractivity contribution in [2.45, 2.75) is 25.6 Å². The van der Waals surface area contributed by atoms with Crippen molar-refractivity contribution in [2.24, 2.45) is 7.05 Å². The molecule has 6 heteroatoms. The fraction of sp³-hybridized carbons (Fsp3) is 0.400. The van der Waals surface area contributed by atoms with Crippen molar-refractivity contribution in [3.63, 3.8) is 0 Å². The molecule has 0 spiro atoms. The highest BCUT2D eigenvalue weighted by Crippen LogP contribution is 2.36. The Labute approximate surface area is 121 Å². The number of rotatable bonds is 5. The monoisotopic (exact) mass is 297 g/mol. The molecule has 1 N–H and O–H groups in total. The van der Waals surface area contributed by atoms with E-state index in [1.165, 1.54) is 12.1 Å². The maximum absolute atomic E-state index is 13.2. The van der Waals surface area contributed by atoms with Gasteiger partial charge in [0, 0.05) is 13.2 Å². The van der Waals surface area contributed by atoms with Crippen LogP contribution in [0.5, 0.6) is 0 Å². The van der Waals surface area contributed by atoms with Crippen LogP contribution >= 0.6 is 0 Å². The zero-order valence-electron chi connectivity index (χ0n) is 12.0. The van der Waals surface area contributed by atoms with E-state index >= 15 is 0 Å². The van der Waals surface area contributed by atoms with Crippen LogP contribution in [0.15, 0.2) is 36.5 Å². The third kappa shape index (κ3) is 3.44. The molecule has 3 nitrogen and oxygen atoms in total. The van der Waals surface area contributed by atoms with Crippen molar-refractivity contribution in [2.75, 3.05) is 6.54 Å². The first-order valence-corrected chi connectivity index (χ1v) is 6.82. The minimum Gasteiger partial charge on any atom is -0.305 e. The molecule has 2 rings (SSSR count). The van der Waals surface area contributed by atoms with E-state index < -0.39 is 17.8 Å². The van der Waals surface area contributed by atoms with E-state index in [4.69, 9.17) is 0 Å². The van der Waals surface area contributed by atoms with Gasteiger partial charge in [-0.05, 0) is 30.7 Å². The van der Waals surface area contributed by atoms with E-state index in [9.17, 15) is 13.2 Å². The summed E-state index contributed by atoms with van der Waals surface area (Å²) in [6.45, 7) is 2.60. The number of hydrogen-bond donors (Lipinski definition) is 1. The van der Waals surface area contributed by atoms with Crippen LogP contribution < -0.4 is 5.32 Å². The van der Waals surface area contributed by atoms with Crippen molar-refractivity contribution in [1.29, 1.82) is 0 Å². The van der Waals surface area contributed by atoms with Crippen molar-refractivity contribution in [3.05, 3.63) is 53.3 Å². The average Bonchev–Trinajstić information content (AvgIpc) is 2.85. The lowest BCUT2D eigenvalue weighted by Gasteiger charge is -2.23. The molecule has 21 heavy (non-hydrogen) atoms. The topological polar surface area (TPSA) is 29.9 Å². The highest BCUT2D eigenvalue weighted by Gasteiger charge is 2.35. The van der Waals surface area contributed by atoms with Gasteiger partial charge in [-0.3, -0.25) is 4.68 Å². The highest BCUT2D eigenvalue weighted by molar-refractivity contribution is 5.37. The van der Waals surface area contributed by atoms with Crippen LogP contribution in [0.2, 0.25) is 0 Å². The Bertz CT molecular complexity index is 590. The van der Waals surface area contributed by atoms with Crippen LogP contribution in [0.4, 0.5) is 13.2 Å². The lowest BCUT2D eigenvalue weighted by atomic mass is 9.97. The molecule has 0 bridgehead atoms. The third-order valence-electron chi connectivity index (χ3n) is 3.33. The molecule has 2 aromatic rings. The summed E-state index contributed by atoms with van der Waals surface area (Å²) in [7, 11) is 1.73. The van der Waals surface area contributed by atoms with Crippen LogP contribution in [-0.2, 0) is 13.2 Å². The first-order chi connectivity index (χ1) is 9.95. The molecule has 1 atom stereocenters.